The zero-order chi connectivity index (χ0) is 21.3. The lowest BCUT2D eigenvalue weighted by molar-refractivity contribution is 0.317. The Balaban J connectivity index is 1.40. The molecule has 1 fully saturated rings. The largest absolute Gasteiger partial charge is 0.491 e. The fourth-order valence-electron chi connectivity index (χ4n) is 3.77. The third-order valence-electron chi connectivity index (χ3n) is 5.45. The number of aryl methyl sites for hydroxylation is 1. The zero-order valence-electron chi connectivity index (χ0n) is 18.7. The van der Waals surface area contributed by atoms with Gasteiger partial charge in [0.05, 0.1) is 6.54 Å². The lowest BCUT2D eigenvalue weighted by Crippen LogP contribution is -2.49. The molecule has 0 spiro atoms. The third-order valence-corrected chi connectivity index (χ3v) is 5.45. The Kier molecular flexibility index (Phi) is 7.94. The molecule has 1 aliphatic rings. The van der Waals surface area contributed by atoms with Gasteiger partial charge < -0.3 is 20.3 Å². The topological polar surface area (TPSA) is 61.8 Å². The summed E-state index contributed by atoms with van der Waals surface area (Å²) in [5.74, 6) is 3.33. The van der Waals surface area contributed by atoms with E-state index >= 15 is 0 Å². The standard InChI is InChI=1S/C24H35N5O/c1-18(2)21-9-5-6-10-22(21)30-17-14-26-24(25-4)28-20-12-15-29(16-13-20)23-11-7-8-19(3)27-23/h5-11,18,20H,12-17H2,1-4H3,(H2,25,26,28). The van der Waals surface area contributed by atoms with Crippen LogP contribution in [0.25, 0.3) is 0 Å². The molecule has 6 heteroatoms. The first-order valence-electron chi connectivity index (χ1n) is 10.9. The Morgan fingerprint density at radius 2 is 1.93 bits per heavy atom. The molecule has 0 radical (unpaired) electrons. The summed E-state index contributed by atoms with van der Waals surface area (Å²) in [6, 6.07) is 14.9. The Hall–Kier alpha value is -2.76. The average Bonchev–Trinajstić information content (AvgIpc) is 2.76. The highest BCUT2D eigenvalue weighted by Crippen LogP contribution is 2.25. The molecule has 3 rings (SSSR count). The van der Waals surface area contributed by atoms with Crippen molar-refractivity contribution in [2.75, 3.05) is 38.2 Å². The molecular weight excluding hydrogens is 374 g/mol. The van der Waals surface area contributed by atoms with Gasteiger partial charge >= 0.3 is 0 Å². The van der Waals surface area contributed by atoms with Gasteiger partial charge in [-0.1, -0.05) is 38.1 Å². The first kappa shape index (κ1) is 21.9. The number of guanidine groups is 1. The highest BCUT2D eigenvalue weighted by Gasteiger charge is 2.21. The van der Waals surface area contributed by atoms with E-state index in [0.717, 1.165) is 49.2 Å². The summed E-state index contributed by atoms with van der Waals surface area (Å²) in [6.07, 6.45) is 2.13. The van der Waals surface area contributed by atoms with Gasteiger partial charge in [0.2, 0.25) is 0 Å². The maximum atomic E-state index is 6.00. The van der Waals surface area contributed by atoms with Crippen molar-refractivity contribution in [3.8, 4) is 5.75 Å². The van der Waals surface area contributed by atoms with E-state index in [2.05, 4.69) is 63.6 Å². The predicted octanol–water partition coefficient (Wildman–Crippen LogP) is 3.73. The lowest BCUT2D eigenvalue weighted by Gasteiger charge is -2.34. The smallest absolute Gasteiger partial charge is 0.191 e. The molecule has 1 aliphatic heterocycles. The summed E-state index contributed by atoms with van der Waals surface area (Å²) in [5.41, 5.74) is 2.31. The number of pyridine rings is 1. The summed E-state index contributed by atoms with van der Waals surface area (Å²) in [4.78, 5) is 11.4. The molecule has 2 heterocycles. The third kappa shape index (κ3) is 6.12. The van der Waals surface area contributed by atoms with Crippen molar-refractivity contribution < 1.29 is 4.74 Å². The van der Waals surface area contributed by atoms with E-state index in [1.807, 2.05) is 32.2 Å². The Bertz CT molecular complexity index is 828. The van der Waals surface area contributed by atoms with Crippen LogP contribution in [0.15, 0.2) is 47.5 Å². The van der Waals surface area contributed by atoms with E-state index in [9.17, 15) is 0 Å². The molecule has 0 atom stereocenters. The van der Waals surface area contributed by atoms with Gasteiger partial charge in [0, 0.05) is 31.9 Å². The van der Waals surface area contributed by atoms with Crippen LogP contribution < -0.4 is 20.3 Å². The molecule has 162 valence electrons. The molecular formula is C24H35N5O. The maximum Gasteiger partial charge on any atom is 0.191 e. The second-order valence-electron chi connectivity index (χ2n) is 8.08. The minimum Gasteiger partial charge on any atom is -0.491 e. The molecule has 1 saturated heterocycles. The molecule has 2 aromatic rings. The van der Waals surface area contributed by atoms with Crippen molar-refractivity contribution >= 4 is 11.8 Å². The number of para-hydroxylation sites is 1. The molecule has 0 bridgehead atoms. The van der Waals surface area contributed by atoms with Gasteiger partial charge in [0.15, 0.2) is 5.96 Å². The molecule has 30 heavy (non-hydrogen) atoms. The monoisotopic (exact) mass is 409 g/mol. The minimum absolute atomic E-state index is 0.417. The van der Waals surface area contributed by atoms with Crippen molar-refractivity contribution in [3.63, 3.8) is 0 Å². The minimum atomic E-state index is 0.417. The van der Waals surface area contributed by atoms with Crippen LogP contribution in [0.4, 0.5) is 5.82 Å². The number of ether oxygens (including phenoxy) is 1. The number of aromatic nitrogens is 1. The molecule has 1 aromatic carbocycles. The number of rotatable bonds is 7. The van der Waals surface area contributed by atoms with Crippen LogP contribution in [0, 0.1) is 6.92 Å². The number of nitrogens with zero attached hydrogens (tertiary/aromatic N) is 3. The van der Waals surface area contributed by atoms with Crippen LogP contribution in [0.3, 0.4) is 0 Å². The summed E-state index contributed by atoms with van der Waals surface area (Å²) < 4.78 is 6.00. The van der Waals surface area contributed by atoms with Gasteiger partial charge in [-0.2, -0.15) is 0 Å². The van der Waals surface area contributed by atoms with Crippen molar-refractivity contribution in [2.45, 2.75) is 45.6 Å². The second kappa shape index (κ2) is 10.9. The van der Waals surface area contributed by atoms with Crippen LogP contribution in [-0.4, -0.2) is 50.3 Å². The Labute approximate surface area is 180 Å². The van der Waals surface area contributed by atoms with E-state index in [4.69, 9.17) is 4.74 Å². The van der Waals surface area contributed by atoms with Gasteiger partial charge in [0.1, 0.15) is 18.2 Å². The van der Waals surface area contributed by atoms with E-state index in [1.54, 1.807) is 0 Å². The van der Waals surface area contributed by atoms with Crippen LogP contribution in [0.5, 0.6) is 5.75 Å². The highest BCUT2D eigenvalue weighted by atomic mass is 16.5. The molecule has 0 saturated carbocycles. The van der Waals surface area contributed by atoms with E-state index in [1.165, 1.54) is 5.56 Å². The number of hydrogen-bond acceptors (Lipinski definition) is 4. The fourth-order valence-corrected chi connectivity index (χ4v) is 3.77. The summed E-state index contributed by atoms with van der Waals surface area (Å²) in [5, 5.41) is 6.93. The van der Waals surface area contributed by atoms with Crippen molar-refractivity contribution in [1.29, 1.82) is 0 Å². The molecule has 0 unspecified atom stereocenters. The van der Waals surface area contributed by atoms with Crippen LogP contribution in [0.2, 0.25) is 0 Å². The molecule has 2 N–H and O–H groups in total. The quantitative estimate of drug-likeness (QED) is 0.415. The lowest BCUT2D eigenvalue weighted by atomic mass is 10.0. The van der Waals surface area contributed by atoms with Crippen LogP contribution in [-0.2, 0) is 0 Å². The van der Waals surface area contributed by atoms with Crippen LogP contribution in [0.1, 0.15) is 43.9 Å². The zero-order valence-corrected chi connectivity index (χ0v) is 18.7. The predicted molar refractivity (Wildman–Crippen MR) is 125 cm³/mol. The van der Waals surface area contributed by atoms with E-state index < -0.39 is 0 Å². The molecule has 6 nitrogen and oxygen atoms in total. The van der Waals surface area contributed by atoms with Gasteiger partial charge in [-0.3, -0.25) is 4.99 Å². The summed E-state index contributed by atoms with van der Waals surface area (Å²) >= 11 is 0. The Morgan fingerprint density at radius 3 is 2.63 bits per heavy atom. The summed E-state index contributed by atoms with van der Waals surface area (Å²) in [6.45, 7) is 9.72. The average molecular weight is 410 g/mol. The SMILES string of the molecule is CN=C(NCCOc1ccccc1C(C)C)NC1CCN(c2cccc(C)n2)CC1. The number of hydrogen-bond donors (Lipinski definition) is 2. The first-order chi connectivity index (χ1) is 14.6. The van der Waals surface area contributed by atoms with Crippen molar-refractivity contribution in [3.05, 3.63) is 53.7 Å². The number of benzene rings is 1. The van der Waals surface area contributed by atoms with Gasteiger partial charge in [-0.05, 0) is 49.4 Å². The van der Waals surface area contributed by atoms with E-state index in [-0.39, 0.29) is 0 Å². The van der Waals surface area contributed by atoms with Crippen molar-refractivity contribution in [1.82, 2.24) is 15.6 Å². The maximum absolute atomic E-state index is 6.00. The number of anilines is 1. The number of nitrogens with one attached hydrogen (secondary N) is 2. The molecule has 0 aliphatic carbocycles. The molecule has 0 amide bonds. The fraction of sp³-hybridized carbons (Fsp3) is 0.500. The normalized spacial score (nSPS) is 15.4. The number of piperidine rings is 1. The summed E-state index contributed by atoms with van der Waals surface area (Å²) in [7, 11) is 1.82. The van der Waals surface area contributed by atoms with Crippen LogP contribution >= 0.6 is 0 Å². The Morgan fingerprint density at radius 1 is 1.17 bits per heavy atom. The highest BCUT2D eigenvalue weighted by molar-refractivity contribution is 5.80. The van der Waals surface area contributed by atoms with Crippen molar-refractivity contribution in [2.24, 2.45) is 4.99 Å². The van der Waals surface area contributed by atoms with Gasteiger partial charge in [0.25, 0.3) is 0 Å². The number of aliphatic imine (C=N–C) groups is 1. The molecule has 1 aromatic heterocycles. The van der Waals surface area contributed by atoms with Gasteiger partial charge in [-0.15, -0.1) is 0 Å². The second-order valence-corrected chi connectivity index (χ2v) is 8.08. The van der Waals surface area contributed by atoms with E-state index in [0.29, 0.717) is 25.1 Å². The first-order valence-corrected chi connectivity index (χ1v) is 10.9. The van der Waals surface area contributed by atoms with Gasteiger partial charge in [-0.25, -0.2) is 4.98 Å².